The van der Waals surface area contributed by atoms with Crippen LogP contribution in [0.5, 0.6) is 11.6 Å². The van der Waals surface area contributed by atoms with Crippen LogP contribution in [0.4, 0.5) is 4.79 Å². The Labute approximate surface area is 199 Å². The summed E-state index contributed by atoms with van der Waals surface area (Å²) in [4.78, 5) is 14.7. The van der Waals surface area contributed by atoms with Crippen LogP contribution in [-0.2, 0) is 11.3 Å². The van der Waals surface area contributed by atoms with E-state index in [0.29, 0.717) is 36.3 Å². The van der Waals surface area contributed by atoms with Crippen molar-refractivity contribution >= 4 is 17.6 Å². The fraction of sp³-hybridized carbons (Fsp3) is 0.360. The number of hydrogen-bond donors (Lipinski definition) is 1. The van der Waals surface area contributed by atoms with E-state index in [9.17, 15) is 4.79 Å². The van der Waals surface area contributed by atoms with E-state index in [4.69, 9.17) is 26.2 Å². The number of rotatable bonds is 8. The summed E-state index contributed by atoms with van der Waals surface area (Å²) < 4.78 is 13.9. The molecule has 0 saturated carbocycles. The zero-order valence-electron chi connectivity index (χ0n) is 19.0. The SMILES string of the molecule is CCNC(=O)N(Cc1c(C)nn(-c2ccccc2)c1Oc1ccc(Cl)cc1)C[C@H]1CCCO1. The lowest BCUT2D eigenvalue weighted by Crippen LogP contribution is -2.43. The summed E-state index contributed by atoms with van der Waals surface area (Å²) in [5, 5.41) is 8.32. The summed E-state index contributed by atoms with van der Waals surface area (Å²) in [5.74, 6) is 1.21. The van der Waals surface area contributed by atoms with Crippen LogP contribution in [0.25, 0.3) is 5.69 Å². The second kappa shape index (κ2) is 10.7. The van der Waals surface area contributed by atoms with Gasteiger partial charge in [-0.05, 0) is 63.1 Å². The molecule has 1 N–H and O–H groups in total. The van der Waals surface area contributed by atoms with E-state index in [1.165, 1.54) is 0 Å². The van der Waals surface area contributed by atoms with Gasteiger partial charge in [0.05, 0.1) is 29.6 Å². The lowest BCUT2D eigenvalue weighted by atomic mass is 10.2. The average molecular weight is 469 g/mol. The number of carbonyl (C=O) groups is 1. The van der Waals surface area contributed by atoms with Crippen molar-refractivity contribution in [1.29, 1.82) is 0 Å². The number of hydrogen-bond acceptors (Lipinski definition) is 4. The number of amides is 2. The molecule has 1 aliphatic rings. The minimum absolute atomic E-state index is 0.0396. The van der Waals surface area contributed by atoms with Crippen LogP contribution in [0, 0.1) is 6.92 Å². The Kier molecular flexibility index (Phi) is 7.52. The van der Waals surface area contributed by atoms with Gasteiger partial charge >= 0.3 is 6.03 Å². The summed E-state index contributed by atoms with van der Waals surface area (Å²) in [6.45, 7) is 6.01. The largest absolute Gasteiger partial charge is 0.439 e. The van der Waals surface area contributed by atoms with E-state index >= 15 is 0 Å². The van der Waals surface area contributed by atoms with E-state index in [-0.39, 0.29) is 12.1 Å². The molecule has 0 aliphatic carbocycles. The minimum atomic E-state index is -0.127. The van der Waals surface area contributed by atoms with Crippen molar-refractivity contribution in [2.24, 2.45) is 0 Å². The van der Waals surface area contributed by atoms with Gasteiger partial charge in [0.15, 0.2) is 0 Å². The second-order valence-corrected chi connectivity index (χ2v) is 8.46. The highest BCUT2D eigenvalue weighted by atomic mass is 35.5. The third-order valence-corrected chi connectivity index (χ3v) is 5.83. The summed E-state index contributed by atoms with van der Waals surface area (Å²) in [7, 11) is 0. The van der Waals surface area contributed by atoms with Crippen LogP contribution in [0.15, 0.2) is 54.6 Å². The summed E-state index contributed by atoms with van der Waals surface area (Å²) >= 11 is 6.06. The van der Waals surface area contributed by atoms with E-state index in [1.54, 1.807) is 21.7 Å². The number of aryl methyl sites for hydroxylation is 1. The first-order chi connectivity index (χ1) is 16.0. The number of para-hydroxylation sites is 1. The Morgan fingerprint density at radius 3 is 2.67 bits per heavy atom. The number of aromatic nitrogens is 2. The van der Waals surface area contributed by atoms with Crippen molar-refractivity contribution in [2.75, 3.05) is 19.7 Å². The summed E-state index contributed by atoms with van der Waals surface area (Å²) in [5.41, 5.74) is 2.52. The fourth-order valence-corrected chi connectivity index (χ4v) is 4.02. The number of ether oxygens (including phenoxy) is 2. The number of nitrogens with one attached hydrogen (secondary N) is 1. The Morgan fingerprint density at radius 1 is 1.24 bits per heavy atom. The highest BCUT2D eigenvalue weighted by molar-refractivity contribution is 6.30. The maximum absolute atomic E-state index is 12.9. The molecule has 174 valence electrons. The predicted octanol–water partition coefficient (Wildman–Crippen LogP) is 5.34. The van der Waals surface area contributed by atoms with Gasteiger partial charge in [-0.1, -0.05) is 29.8 Å². The fourth-order valence-electron chi connectivity index (χ4n) is 3.89. The molecule has 1 saturated heterocycles. The van der Waals surface area contributed by atoms with Crippen molar-refractivity contribution in [3.8, 4) is 17.3 Å². The molecule has 0 bridgehead atoms. The van der Waals surface area contributed by atoms with Gasteiger partial charge in [-0.2, -0.15) is 5.10 Å². The number of benzene rings is 2. The van der Waals surface area contributed by atoms with Gasteiger partial charge in [-0.15, -0.1) is 0 Å². The molecule has 1 atom stereocenters. The first-order valence-electron chi connectivity index (χ1n) is 11.3. The molecule has 1 aliphatic heterocycles. The molecule has 0 radical (unpaired) electrons. The molecule has 0 spiro atoms. The molecule has 2 amide bonds. The average Bonchev–Trinajstić information content (AvgIpc) is 3.44. The topological polar surface area (TPSA) is 68.6 Å². The molecule has 4 rings (SSSR count). The monoisotopic (exact) mass is 468 g/mol. The molecular weight excluding hydrogens is 440 g/mol. The quantitative estimate of drug-likeness (QED) is 0.484. The van der Waals surface area contributed by atoms with Crippen molar-refractivity contribution in [3.05, 3.63) is 70.9 Å². The Balaban J connectivity index is 1.71. The first kappa shape index (κ1) is 23.1. The number of carbonyl (C=O) groups excluding carboxylic acids is 1. The molecule has 1 aromatic heterocycles. The molecule has 2 heterocycles. The Hall–Kier alpha value is -3.03. The maximum Gasteiger partial charge on any atom is 0.317 e. The van der Waals surface area contributed by atoms with E-state index in [1.807, 2.05) is 56.3 Å². The van der Waals surface area contributed by atoms with Crippen molar-refractivity contribution in [1.82, 2.24) is 20.0 Å². The summed E-state index contributed by atoms with van der Waals surface area (Å²) in [6.07, 6.45) is 2.01. The molecule has 0 unspecified atom stereocenters. The van der Waals surface area contributed by atoms with Gasteiger partial charge in [0, 0.05) is 24.7 Å². The smallest absolute Gasteiger partial charge is 0.317 e. The van der Waals surface area contributed by atoms with Crippen molar-refractivity contribution in [3.63, 3.8) is 0 Å². The summed E-state index contributed by atoms with van der Waals surface area (Å²) in [6, 6.07) is 16.9. The Morgan fingerprint density at radius 2 is 2.00 bits per heavy atom. The molecular formula is C25H29ClN4O3. The van der Waals surface area contributed by atoms with Gasteiger partial charge < -0.3 is 19.7 Å². The molecule has 7 nitrogen and oxygen atoms in total. The van der Waals surface area contributed by atoms with Crippen molar-refractivity contribution in [2.45, 2.75) is 39.3 Å². The number of urea groups is 1. The van der Waals surface area contributed by atoms with Crippen LogP contribution in [-0.4, -0.2) is 46.5 Å². The zero-order chi connectivity index (χ0) is 23.2. The van der Waals surface area contributed by atoms with Crippen LogP contribution in [0.3, 0.4) is 0 Å². The predicted molar refractivity (Wildman–Crippen MR) is 128 cm³/mol. The maximum atomic E-state index is 12.9. The van der Waals surface area contributed by atoms with Gasteiger partial charge in [0.1, 0.15) is 5.75 Å². The number of nitrogens with zero attached hydrogens (tertiary/aromatic N) is 3. The highest BCUT2D eigenvalue weighted by Crippen LogP contribution is 2.32. The highest BCUT2D eigenvalue weighted by Gasteiger charge is 2.27. The van der Waals surface area contributed by atoms with Crippen LogP contribution in [0.2, 0.25) is 5.02 Å². The molecule has 2 aromatic carbocycles. The van der Waals surface area contributed by atoms with Gasteiger partial charge in [0.25, 0.3) is 0 Å². The van der Waals surface area contributed by atoms with Crippen molar-refractivity contribution < 1.29 is 14.3 Å². The van der Waals surface area contributed by atoms with E-state index in [2.05, 4.69) is 5.32 Å². The molecule has 33 heavy (non-hydrogen) atoms. The Bertz CT molecular complexity index is 1060. The van der Waals surface area contributed by atoms with Gasteiger partial charge in [0.2, 0.25) is 5.88 Å². The minimum Gasteiger partial charge on any atom is -0.439 e. The van der Waals surface area contributed by atoms with Crippen LogP contribution in [0.1, 0.15) is 31.0 Å². The standard InChI is InChI=1S/C25H29ClN4O3/c1-3-27-25(31)29(16-22-10-7-15-32-22)17-23-18(2)28-30(20-8-5-4-6-9-20)24(23)33-21-13-11-19(26)12-14-21/h4-6,8-9,11-14,22H,3,7,10,15-17H2,1-2H3,(H,27,31)/t22-/m1/s1. The van der Waals surface area contributed by atoms with Crippen LogP contribution >= 0.6 is 11.6 Å². The zero-order valence-corrected chi connectivity index (χ0v) is 19.7. The second-order valence-electron chi connectivity index (χ2n) is 8.02. The van der Waals surface area contributed by atoms with Gasteiger partial charge in [-0.25, -0.2) is 9.48 Å². The van der Waals surface area contributed by atoms with E-state index in [0.717, 1.165) is 36.4 Å². The van der Waals surface area contributed by atoms with E-state index < -0.39 is 0 Å². The lowest BCUT2D eigenvalue weighted by molar-refractivity contribution is 0.0793. The molecule has 1 fully saturated rings. The number of halogens is 1. The molecule has 3 aromatic rings. The first-order valence-corrected chi connectivity index (χ1v) is 11.6. The molecule has 8 heteroatoms. The third kappa shape index (κ3) is 5.67. The third-order valence-electron chi connectivity index (χ3n) is 5.58. The normalized spacial score (nSPS) is 15.4. The lowest BCUT2D eigenvalue weighted by Gasteiger charge is -2.26. The van der Waals surface area contributed by atoms with Gasteiger partial charge in [-0.3, -0.25) is 0 Å². The van der Waals surface area contributed by atoms with Crippen LogP contribution < -0.4 is 10.1 Å².